The van der Waals surface area contributed by atoms with E-state index in [-0.39, 0.29) is 0 Å². The van der Waals surface area contributed by atoms with Crippen molar-refractivity contribution in [3.8, 4) is 17.1 Å². The third-order valence-corrected chi connectivity index (χ3v) is 5.13. The summed E-state index contributed by atoms with van der Waals surface area (Å²) in [7, 11) is 1.68. The number of ether oxygens (including phenoxy) is 1. The molecule has 2 aliphatic heterocycles. The van der Waals surface area contributed by atoms with E-state index in [4.69, 9.17) is 4.74 Å². The third-order valence-electron chi connectivity index (χ3n) is 5.13. The normalized spacial score (nSPS) is 21.6. The minimum atomic E-state index is 0.719. The van der Waals surface area contributed by atoms with Crippen molar-refractivity contribution in [2.24, 2.45) is 0 Å². The molecule has 5 nitrogen and oxygen atoms in total. The third kappa shape index (κ3) is 3.14. The zero-order chi connectivity index (χ0) is 16.4. The van der Waals surface area contributed by atoms with Gasteiger partial charge in [-0.3, -0.25) is 9.80 Å². The quantitative estimate of drug-likeness (QED) is 0.864. The molecule has 0 N–H and O–H groups in total. The first kappa shape index (κ1) is 15.5. The maximum Gasteiger partial charge on any atom is 0.162 e. The fraction of sp³-hybridized carbons (Fsp3) is 0.474. The van der Waals surface area contributed by atoms with E-state index in [1.807, 2.05) is 36.7 Å². The summed E-state index contributed by atoms with van der Waals surface area (Å²) in [5, 5.41) is 0. The molecule has 0 aliphatic carbocycles. The average molecular weight is 324 g/mol. The minimum absolute atomic E-state index is 0.719. The Morgan fingerprint density at radius 1 is 1.12 bits per heavy atom. The largest absolute Gasteiger partial charge is 0.496 e. The van der Waals surface area contributed by atoms with Gasteiger partial charge < -0.3 is 4.74 Å². The Bertz CT molecular complexity index is 688. The van der Waals surface area contributed by atoms with Crippen LogP contribution in [0.25, 0.3) is 11.4 Å². The van der Waals surface area contributed by atoms with Crippen molar-refractivity contribution in [3.05, 3.63) is 42.2 Å². The Morgan fingerprint density at radius 3 is 2.79 bits per heavy atom. The number of aromatic nitrogens is 2. The maximum atomic E-state index is 5.40. The van der Waals surface area contributed by atoms with Gasteiger partial charge in [0.1, 0.15) is 5.75 Å². The van der Waals surface area contributed by atoms with Gasteiger partial charge in [0.05, 0.1) is 12.7 Å². The molecule has 126 valence electrons. The van der Waals surface area contributed by atoms with Gasteiger partial charge in [0.15, 0.2) is 5.82 Å². The van der Waals surface area contributed by atoms with Crippen molar-refractivity contribution in [1.82, 2.24) is 19.8 Å². The first-order chi connectivity index (χ1) is 11.8. The summed E-state index contributed by atoms with van der Waals surface area (Å²) in [5.41, 5.74) is 2.12. The Hall–Kier alpha value is -1.98. The summed E-state index contributed by atoms with van der Waals surface area (Å²) in [6.07, 6.45) is 6.61. The highest BCUT2D eigenvalue weighted by molar-refractivity contribution is 5.63. The van der Waals surface area contributed by atoms with Crippen LogP contribution in [0.4, 0.5) is 0 Å². The van der Waals surface area contributed by atoms with Crippen LogP contribution in [0.5, 0.6) is 5.75 Å². The van der Waals surface area contributed by atoms with Crippen molar-refractivity contribution in [2.45, 2.75) is 25.4 Å². The number of methoxy groups -OCH3 is 1. The lowest BCUT2D eigenvalue weighted by molar-refractivity contribution is 0.0992. The molecule has 0 saturated carbocycles. The number of hydrogen-bond acceptors (Lipinski definition) is 5. The Labute approximate surface area is 143 Å². The standard InChI is InChI=1S/C19H24N4O/c1-24-18-7-3-2-6-17(18)19-20-11-15(12-21-19)13-22-9-10-23-8-4-5-16(23)14-22/h2-3,6-7,11-12,16H,4-5,8-10,13-14H2,1H3. The molecule has 2 saturated heterocycles. The average Bonchev–Trinajstić information content (AvgIpc) is 3.10. The van der Waals surface area contributed by atoms with Crippen molar-refractivity contribution < 1.29 is 4.74 Å². The number of para-hydroxylation sites is 1. The van der Waals surface area contributed by atoms with Crippen LogP contribution in [0.1, 0.15) is 18.4 Å². The van der Waals surface area contributed by atoms with Crippen LogP contribution in [0.2, 0.25) is 0 Å². The van der Waals surface area contributed by atoms with Crippen LogP contribution in [-0.4, -0.2) is 59.1 Å². The molecule has 1 unspecified atom stereocenters. The lowest BCUT2D eigenvalue weighted by Crippen LogP contribution is -2.49. The smallest absolute Gasteiger partial charge is 0.162 e. The molecule has 0 spiro atoms. The van der Waals surface area contributed by atoms with E-state index in [2.05, 4.69) is 19.8 Å². The molecule has 1 atom stereocenters. The van der Waals surface area contributed by atoms with Gasteiger partial charge in [-0.2, -0.15) is 0 Å². The topological polar surface area (TPSA) is 41.5 Å². The molecule has 24 heavy (non-hydrogen) atoms. The maximum absolute atomic E-state index is 5.40. The van der Waals surface area contributed by atoms with E-state index >= 15 is 0 Å². The zero-order valence-corrected chi connectivity index (χ0v) is 14.2. The van der Waals surface area contributed by atoms with Crippen LogP contribution in [0, 0.1) is 0 Å². The monoisotopic (exact) mass is 324 g/mol. The highest BCUT2D eigenvalue weighted by Crippen LogP contribution is 2.27. The molecule has 5 heteroatoms. The molecule has 1 aromatic carbocycles. The number of rotatable bonds is 4. The van der Waals surface area contributed by atoms with Crippen molar-refractivity contribution in [1.29, 1.82) is 0 Å². The summed E-state index contributed by atoms with van der Waals surface area (Å²) in [5.74, 6) is 1.53. The molecule has 2 aromatic rings. The highest BCUT2D eigenvalue weighted by Gasteiger charge is 2.30. The zero-order valence-electron chi connectivity index (χ0n) is 14.2. The lowest BCUT2D eigenvalue weighted by atomic mass is 10.1. The summed E-state index contributed by atoms with van der Waals surface area (Å²) in [6, 6.07) is 8.63. The number of benzene rings is 1. The molecule has 1 aromatic heterocycles. The second kappa shape index (κ2) is 6.87. The first-order valence-corrected chi connectivity index (χ1v) is 8.74. The summed E-state index contributed by atoms with van der Waals surface area (Å²) < 4.78 is 5.40. The first-order valence-electron chi connectivity index (χ1n) is 8.74. The highest BCUT2D eigenvalue weighted by atomic mass is 16.5. The fourth-order valence-electron chi connectivity index (χ4n) is 3.86. The van der Waals surface area contributed by atoms with Gasteiger partial charge in [-0.1, -0.05) is 12.1 Å². The molecule has 0 amide bonds. The van der Waals surface area contributed by atoms with Gasteiger partial charge in [0, 0.05) is 50.2 Å². The van der Waals surface area contributed by atoms with Crippen LogP contribution >= 0.6 is 0 Å². The summed E-state index contributed by atoms with van der Waals surface area (Å²) in [4.78, 5) is 14.3. The minimum Gasteiger partial charge on any atom is -0.496 e. The van der Waals surface area contributed by atoms with Gasteiger partial charge in [-0.15, -0.1) is 0 Å². The van der Waals surface area contributed by atoms with Gasteiger partial charge >= 0.3 is 0 Å². The van der Waals surface area contributed by atoms with E-state index in [0.29, 0.717) is 0 Å². The second-order valence-corrected chi connectivity index (χ2v) is 6.68. The van der Waals surface area contributed by atoms with Gasteiger partial charge in [-0.25, -0.2) is 9.97 Å². The van der Waals surface area contributed by atoms with Crippen molar-refractivity contribution in [3.63, 3.8) is 0 Å². The molecule has 0 radical (unpaired) electrons. The van der Waals surface area contributed by atoms with Crippen molar-refractivity contribution >= 4 is 0 Å². The van der Waals surface area contributed by atoms with E-state index in [0.717, 1.165) is 36.3 Å². The molecule has 2 fully saturated rings. The van der Waals surface area contributed by atoms with E-state index in [1.165, 1.54) is 38.0 Å². The van der Waals surface area contributed by atoms with E-state index < -0.39 is 0 Å². The summed E-state index contributed by atoms with van der Waals surface area (Å²) >= 11 is 0. The van der Waals surface area contributed by atoms with Gasteiger partial charge in [-0.05, 0) is 31.5 Å². The van der Waals surface area contributed by atoms with Gasteiger partial charge in [0.2, 0.25) is 0 Å². The molecular weight excluding hydrogens is 300 g/mol. The Balaban J connectivity index is 1.44. The molecule has 2 aliphatic rings. The summed E-state index contributed by atoms with van der Waals surface area (Å²) in [6.45, 7) is 5.75. The van der Waals surface area contributed by atoms with Crippen LogP contribution in [0.3, 0.4) is 0 Å². The van der Waals surface area contributed by atoms with Crippen LogP contribution in [-0.2, 0) is 6.54 Å². The SMILES string of the molecule is COc1ccccc1-c1ncc(CN2CCN3CCCC3C2)cn1. The predicted octanol–water partition coefficient (Wildman–Crippen LogP) is 2.43. The number of hydrogen-bond donors (Lipinski definition) is 0. The lowest BCUT2D eigenvalue weighted by Gasteiger charge is -2.37. The van der Waals surface area contributed by atoms with E-state index in [1.54, 1.807) is 7.11 Å². The molecule has 0 bridgehead atoms. The van der Waals surface area contributed by atoms with Crippen LogP contribution < -0.4 is 4.74 Å². The number of nitrogens with zero attached hydrogens (tertiary/aromatic N) is 4. The van der Waals surface area contributed by atoms with E-state index in [9.17, 15) is 0 Å². The Morgan fingerprint density at radius 2 is 1.96 bits per heavy atom. The Kier molecular flexibility index (Phi) is 4.45. The van der Waals surface area contributed by atoms with Crippen molar-refractivity contribution in [2.75, 3.05) is 33.3 Å². The molecule has 3 heterocycles. The molecule has 4 rings (SSSR count). The predicted molar refractivity (Wildman–Crippen MR) is 93.9 cm³/mol. The van der Waals surface area contributed by atoms with Crippen LogP contribution in [0.15, 0.2) is 36.7 Å². The van der Waals surface area contributed by atoms with Gasteiger partial charge in [0.25, 0.3) is 0 Å². The molecular formula is C19H24N4O. The second-order valence-electron chi connectivity index (χ2n) is 6.68. The number of fused-ring (bicyclic) bond motifs is 1. The number of piperazine rings is 1. The fourth-order valence-corrected chi connectivity index (χ4v) is 3.86.